The van der Waals surface area contributed by atoms with Gasteiger partial charge in [-0.15, -0.1) is 0 Å². The molecule has 3 heterocycles. The standard InChI is InChI=1S/C11H13N3O3/c1-5-9(6(2)13-12-5)14-10(15)7-3-4-8(17-7)11(14)16/h7-8H,3-4H2,1-2H3,(H,12,13). The Morgan fingerprint density at radius 2 is 1.82 bits per heavy atom. The van der Waals surface area contributed by atoms with Crippen LogP contribution in [0, 0.1) is 13.8 Å². The van der Waals surface area contributed by atoms with Crippen molar-refractivity contribution in [3.63, 3.8) is 0 Å². The molecule has 1 N–H and O–H groups in total. The van der Waals surface area contributed by atoms with Crippen LogP contribution in [-0.4, -0.2) is 34.2 Å². The minimum Gasteiger partial charge on any atom is -0.355 e. The fraction of sp³-hybridized carbons (Fsp3) is 0.545. The van der Waals surface area contributed by atoms with E-state index in [1.165, 1.54) is 4.90 Å². The molecule has 2 fully saturated rings. The molecule has 2 unspecified atom stereocenters. The summed E-state index contributed by atoms with van der Waals surface area (Å²) >= 11 is 0. The van der Waals surface area contributed by atoms with E-state index in [0.717, 1.165) is 5.69 Å². The number of aromatic amines is 1. The zero-order valence-electron chi connectivity index (χ0n) is 9.69. The number of nitrogens with one attached hydrogen (secondary N) is 1. The van der Waals surface area contributed by atoms with Crippen LogP contribution in [0.1, 0.15) is 24.2 Å². The van der Waals surface area contributed by atoms with Crippen molar-refractivity contribution in [3.8, 4) is 0 Å². The SMILES string of the molecule is Cc1n[nH]c(C)c1N1C(=O)C2CCC(O2)C1=O. The van der Waals surface area contributed by atoms with Gasteiger partial charge < -0.3 is 4.74 Å². The number of hydrogen-bond acceptors (Lipinski definition) is 4. The van der Waals surface area contributed by atoms with Crippen LogP contribution in [0.4, 0.5) is 5.69 Å². The predicted octanol–water partition coefficient (Wildman–Crippen LogP) is 0.447. The Labute approximate surface area is 97.9 Å². The van der Waals surface area contributed by atoms with Gasteiger partial charge in [-0.25, -0.2) is 4.90 Å². The smallest absolute Gasteiger partial charge is 0.263 e. The molecule has 6 nitrogen and oxygen atoms in total. The maximum atomic E-state index is 12.1. The molecular weight excluding hydrogens is 222 g/mol. The molecule has 2 amide bonds. The van der Waals surface area contributed by atoms with Crippen molar-refractivity contribution in [2.24, 2.45) is 0 Å². The molecule has 0 radical (unpaired) electrons. The highest BCUT2D eigenvalue weighted by atomic mass is 16.5. The monoisotopic (exact) mass is 235 g/mol. The highest BCUT2D eigenvalue weighted by Gasteiger charge is 2.48. The van der Waals surface area contributed by atoms with Gasteiger partial charge in [0, 0.05) is 0 Å². The first-order chi connectivity index (χ1) is 8.09. The van der Waals surface area contributed by atoms with Crippen molar-refractivity contribution in [1.82, 2.24) is 10.2 Å². The molecular formula is C11H13N3O3. The minimum atomic E-state index is -0.466. The first-order valence-corrected chi connectivity index (χ1v) is 5.64. The number of fused-ring (bicyclic) bond motifs is 2. The largest absolute Gasteiger partial charge is 0.355 e. The van der Waals surface area contributed by atoms with Gasteiger partial charge in [0.25, 0.3) is 11.8 Å². The second kappa shape index (κ2) is 3.40. The molecule has 17 heavy (non-hydrogen) atoms. The topological polar surface area (TPSA) is 75.3 Å². The maximum Gasteiger partial charge on any atom is 0.263 e. The quantitative estimate of drug-likeness (QED) is 0.717. The normalized spacial score (nSPS) is 28.0. The van der Waals surface area contributed by atoms with E-state index in [0.29, 0.717) is 24.2 Å². The Hall–Kier alpha value is -1.69. The van der Waals surface area contributed by atoms with Gasteiger partial charge in [0.05, 0.1) is 17.1 Å². The Morgan fingerprint density at radius 3 is 2.29 bits per heavy atom. The number of aromatic nitrogens is 2. The number of amides is 2. The van der Waals surface area contributed by atoms with Crippen molar-refractivity contribution < 1.29 is 14.3 Å². The van der Waals surface area contributed by atoms with Crippen molar-refractivity contribution in [2.45, 2.75) is 38.9 Å². The number of anilines is 1. The van der Waals surface area contributed by atoms with Crippen LogP contribution in [0.15, 0.2) is 0 Å². The molecule has 2 aliphatic heterocycles. The summed E-state index contributed by atoms with van der Waals surface area (Å²) in [5, 5.41) is 6.81. The van der Waals surface area contributed by atoms with E-state index in [-0.39, 0.29) is 11.8 Å². The van der Waals surface area contributed by atoms with Crippen molar-refractivity contribution in [2.75, 3.05) is 4.90 Å². The lowest BCUT2D eigenvalue weighted by Crippen LogP contribution is -2.52. The number of ether oxygens (including phenoxy) is 1. The van der Waals surface area contributed by atoms with E-state index < -0.39 is 12.2 Å². The number of rotatable bonds is 1. The number of carbonyl (C=O) groups is 2. The van der Waals surface area contributed by atoms with E-state index in [1.807, 2.05) is 0 Å². The van der Waals surface area contributed by atoms with Crippen LogP contribution >= 0.6 is 0 Å². The van der Waals surface area contributed by atoms with Crippen molar-refractivity contribution in [3.05, 3.63) is 11.4 Å². The van der Waals surface area contributed by atoms with Crippen LogP contribution in [-0.2, 0) is 14.3 Å². The van der Waals surface area contributed by atoms with Crippen LogP contribution in [0.25, 0.3) is 0 Å². The molecule has 90 valence electrons. The third-order valence-corrected chi connectivity index (χ3v) is 3.32. The van der Waals surface area contributed by atoms with Gasteiger partial charge in [-0.2, -0.15) is 5.10 Å². The number of hydrogen-bond donors (Lipinski definition) is 1. The summed E-state index contributed by atoms with van der Waals surface area (Å²) in [5.74, 6) is -0.535. The van der Waals surface area contributed by atoms with E-state index in [1.54, 1.807) is 13.8 Å². The fourth-order valence-corrected chi connectivity index (χ4v) is 2.49. The number of aryl methyl sites for hydroxylation is 2. The zero-order valence-corrected chi connectivity index (χ0v) is 9.69. The molecule has 6 heteroatoms. The number of imide groups is 1. The molecule has 2 saturated heterocycles. The first-order valence-electron chi connectivity index (χ1n) is 5.64. The molecule has 1 aromatic rings. The molecule has 2 aliphatic rings. The van der Waals surface area contributed by atoms with Gasteiger partial charge in [-0.05, 0) is 26.7 Å². The average Bonchev–Trinajstić information content (AvgIpc) is 2.87. The zero-order chi connectivity index (χ0) is 12.2. The van der Waals surface area contributed by atoms with Gasteiger partial charge in [0.2, 0.25) is 0 Å². The van der Waals surface area contributed by atoms with Gasteiger partial charge in [-0.1, -0.05) is 0 Å². The van der Waals surface area contributed by atoms with Crippen LogP contribution in [0.3, 0.4) is 0 Å². The molecule has 0 aliphatic carbocycles. The van der Waals surface area contributed by atoms with Gasteiger partial charge in [0.15, 0.2) is 0 Å². The summed E-state index contributed by atoms with van der Waals surface area (Å²) in [4.78, 5) is 25.5. The Morgan fingerprint density at radius 1 is 1.24 bits per heavy atom. The summed E-state index contributed by atoms with van der Waals surface area (Å²) in [7, 11) is 0. The fourth-order valence-electron chi connectivity index (χ4n) is 2.49. The third kappa shape index (κ3) is 1.33. The second-order valence-corrected chi connectivity index (χ2v) is 4.49. The lowest BCUT2D eigenvalue weighted by atomic mass is 10.2. The number of H-pyrrole nitrogens is 1. The second-order valence-electron chi connectivity index (χ2n) is 4.49. The third-order valence-electron chi connectivity index (χ3n) is 3.32. The van der Waals surface area contributed by atoms with Gasteiger partial charge >= 0.3 is 0 Å². The summed E-state index contributed by atoms with van der Waals surface area (Å²) in [6.45, 7) is 3.57. The summed E-state index contributed by atoms with van der Waals surface area (Å²) in [6, 6.07) is 0. The molecule has 0 aromatic carbocycles. The number of morpholine rings is 1. The number of carbonyl (C=O) groups excluding carboxylic acids is 2. The minimum absolute atomic E-state index is 0.267. The van der Waals surface area contributed by atoms with E-state index in [4.69, 9.17) is 4.74 Å². The molecule has 0 spiro atoms. The summed E-state index contributed by atoms with van der Waals surface area (Å²) in [5.41, 5.74) is 1.97. The Bertz CT molecular complexity index is 467. The predicted molar refractivity (Wildman–Crippen MR) is 58.4 cm³/mol. The van der Waals surface area contributed by atoms with E-state index in [2.05, 4.69) is 10.2 Å². The Kier molecular flexibility index (Phi) is 2.09. The van der Waals surface area contributed by atoms with Crippen LogP contribution in [0.5, 0.6) is 0 Å². The molecule has 2 atom stereocenters. The van der Waals surface area contributed by atoms with E-state index >= 15 is 0 Å². The van der Waals surface area contributed by atoms with Crippen LogP contribution in [0.2, 0.25) is 0 Å². The summed E-state index contributed by atoms with van der Waals surface area (Å²) in [6.07, 6.45) is 0.321. The highest BCUT2D eigenvalue weighted by Crippen LogP contribution is 2.33. The average molecular weight is 235 g/mol. The number of nitrogens with zero attached hydrogens (tertiary/aromatic N) is 2. The van der Waals surface area contributed by atoms with E-state index in [9.17, 15) is 9.59 Å². The summed E-state index contributed by atoms with van der Waals surface area (Å²) < 4.78 is 5.36. The molecule has 2 bridgehead atoms. The van der Waals surface area contributed by atoms with Gasteiger partial charge in [0.1, 0.15) is 12.2 Å². The van der Waals surface area contributed by atoms with Gasteiger partial charge in [-0.3, -0.25) is 14.7 Å². The molecule has 3 rings (SSSR count). The lowest BCUT2D eigenvalue weighted by molar-refractivity contribution is -0.146. The van der Waals surface area contributed by atoms with Crippen molar-refractivity contribution in [1.29, 1.82) is 0 Å². The van der Waals surface area contributed by atoms with Crippen LogP contribution < -0.4 is 4.90 Å². The van der Waals surface area contributed by atoms with Crippen molar-refractivity contribution >= 4 is 17.5 Å². The maximum absolute atomic E-state index is 12.1. The lowest BCUT2D eigenvalue weighted by Gasteiger charge is -2.29. The molecule has 0 saturated carbocycles. The highest BCUT2D eigenvalue weighted by molar-refractivity contribution is 6.20. The Balaban J connectivity index is 2.08. The molecule has 1 aromatic heterocycles. The first kappa shape index (κ1) is 10.5.